The lowest BCUT2D eigenvalue weighted by atomic mass is 9.78. The van der Waals surface area contributed by atoms with Crippen molar-refractivity contribution >= 4 is 23.2 Å². The Balaban J connectivity index is 1.50. The number of hydrogen-bond donors (Lipinski definition) is 2. The second-order valence-corrected chi connectivity index (χ2v) is 9.14. The molecule has 2 aliphatic rings. The van der Waals surface area contributed by atoms with E-state index in [2.05, 4.69) is 10.6 Å². The Morgan fingerprint density at radius 3 is 2.66 bits per heavy atom. The number of carbonyl (C=O) groups is 2. The lowest BCUT2D eigenvalue weighted by Crippen LogP contribution is -2.53. The first-order valence-corrected chi connectivity index (χ1v) is 11.2. The van der Waals surface area contributed by atoms with Crippen molar-refractivity contribution < 1.29 is 14.0 Å². The Hall–Kier alpha value is -2.93. The van der Waals surface area contributed by atoms with E-state index in [1.165, 1.54) is 6.07 Å². The molecule has 32 heavy (non-hydrogen) atoms. The summed E-state index contributed by atoms with van der Waals surface area (Å²) in [6, 6.07) is 14.4. The van der Waals surface area contributed by atoms with E-state index in [-0.39, 0.29) is 30.1 Å². The van der Waals surface area contributed by atoms with Crippen molar-refractivity contribution in [2.45, 2.75) is 37.1 Å². The smallest absolute Gasteiger partial charge is 0.238 e. The zero-order chi connectivity index (χ0) is 22.7. The molecule has 6 nitrogen and oxygen atoms in total. The summed E-state index contributed by atoms with van der Waals surface area (Å²) in [5.74, 6) is -0.566. The molecular weight excluding hydrogens is 407 g/mol. The molecule has 2 aliphatic heterocycles. The number of rotatable bonds is 5. The zero-order valence-corrected chi connectivity index (χ0v) is 18.7. The Bertz CT molecular complexity index is 978. The summed E-state index contributed by atoms with van der Waals surface area (Å²) in [5.41, 5.74) is 1.85. The molecule has 170 valence electrons. The monoisotopic (exact) mass is 438 g/mol. The first-order chi connectivity index (χ1) is 15.4. The number of nitrogens with one attached hydrogen (secondary N) is 2. The van der Waals surface area contributed by atoms with Crippen molar-refractivity contribution in [2.75, 3.05) is 43.9 Å². The fourth-order valence-corrected chi connectivity index (χ4v) is 5.04. The standard InChI is InChI=1S/C25H31FN4O2/c1-29(2)19-12-10-18(11-13-19)27-24(32)16-30-15-21(20-7-3-4-8-22(20)26)25(17-30)14-6-5-9-23(31)28-25/h3-4,7-8,10-13,21H,5-6,9,14-17H2,1-2H3,(H,27,32)(H,28,31)/t21-,25+/m0/s1. The summed E-state index contributed by atoms with van der Waals surface area (Å²) in [5, 5.41) is 6.17. The molecule has 2 atom stereocenters. The maximum absolute atomic E-state index is 14.7. The van der Waals surface area contributed by atoms with Crippen LogP contribution in [0.15, 0.2) is 48.5 Å². The highest BCUT2D eigenvalue weighted by Gasteiger charge is 2.49. The van der Waals surface area contributed by atoms with E-state index < -0.39 is 5.54 Å². The fourth-order valence-electron chi connectivity index (χ4n) is 5.04. The van der Waals surface area contributed by atoms with Gasteiger partial charge in [0.15, 0.2) is 0 Å². The van der Waals surface area contributed by atoms with E-state index in [9.17, 15) is 14.0 Å². The number of anilines is 2. The van der Waals surface area contributed by atoms with Crippen molar-refractivity contribution in [1.82, 2.24) is 10.2 Å². The lowest BCUT2D eigenvalue weighted by Gasteiger charge is -2.35. The predicted molar refractivity (Wildman–Crippen MR) is 124 cm³/mol. The summed E-state index contributed by atoms with van der Waals surface area (Å²) < 4.78 is 14.7. The van der Waals surface area contributed by atoms with E-state index >= 15 is 0 Å². The average molecular weight is 439 g/mol. The van der Waals surface area contributed by atoms with E-state index in [0.29, 0.717) is 25.1 Å². The van der Waals surface area contributed by atoms with Crippen LogP contribution < -0.4 is 15.5 Å². The van der Waals surface area contributed by atoms with Crippen LogP contribution in [0.25, 0.3) is 0 Å². The van der Waals surface area contributed by atoms with Crippen LogP contribution in [-0.2, 0) is 9.59 Å². The van der Waals surface area contributed by atoms with Gasteiger partial charge in [-0.15, -0.1) is 0 Å². The van der Waals surface area contributed by atoms with E-state index in [1.54, 1.807) is 12.1 Å². The summed E-state index contributed by atoms with van der Waals surface area (Å²) in [4.78, 5) is 29.3. The van der Waals surface area contributed by atoms with Gasteiger partial charge in [-0.2, -0.15) is 0 Å². The SMILES string of the molecule is CN(C)c1ccc(NC(=O)CN2C[C@@H](c3ccccc3F)[C@@]3(CCCCC(=O)N3)C2)cc1. The number of benzene rings is 2. The van der Waals surface area contributed by atoms with E-state index in [0.717, 1.165) is 30.6 Å². The van der Waals surface area contributed by atoms with Gasteiger partial charge in [-0.25, -0.2) is 4.39 Å². The number of likely N-dealkylation sites (tertiary alicyclic amines) is 1. The zero-order valence-electron chi connectivity index (χ0n) is 18.7. The highest BCUT2D eigenvalue weighted by Crippen LogP contribution is 2.41. The van der Waals surface area contributed by atoms with Crippen molar-refractivity contribution in [1.29, 1.82) is 0 Å². The number of halogens is 1. The third kappa shape index (κ3) is 4.78. The van der Waals surface area contributed by atoms with Crippen molar-refractivity contribution in [3.05, 3.63) is 59.9 Å². The van der Waals surface area contributed by atoms with Crippen LogP contribution in [-0.4, -0.2) is 56.0 Å². The van der Waals surface area contributed by atoms with Crippen LogP contribution in [0.4, 0.5) is 15.8 Å². The van der Waals surface area contributed by atoms with E-state index in [1.807, 2.05) is 54.2 Å². The third-order valence-electron chi connectivity index (χ3n) is 6.59. The maximum atomic E-state index is 14.7. The van der Waals surface area contributed by atoms with Crippen molar-refractivity contribution in [3.8, 4) is 0 Å². The Kier molecular flexibility index (Phi) is 6.46. The molecule has 2 aromatic rings. The molecule has 2 fully saturated rings. The molecular formula is C25H31FN4O2. The number of hydrogen-bond acceptors (Lipinski definition) is 4. The summed E-state index contributed by atoms with van der Waals surface area (Å²) in [6.07, 6.45) is 3.01. The second kappa shape index (κ2) is 9.28. The van der Waals surface area contributed by atoms with Gasteiger partial charge in [0.25, 0.3) is 0 Å². The fraction of sp³-hybridized carbons (Fsp3) is 0.440. The van der Waals surface area contributed by atoms with E-state index in [4.69, 9.17) is 0 Å². The average Bonchev–Trinajstić information content (AvgIpc) is 2.96. The van der Waals surface area contributed by atoms with Crippen molar-refractivity contribution in [2.24, 2.45) is 0 Å². The molecule has 2 N–H and O–H groups in total. The quantitative estimate of drug-likeness (QED) is 0.752. The van der Waals surface area contributed by atoms with Crippen LogP contribution in [0.1, 0.15) is 37.2 Å². The Morgan fingerprint density at radius 1 is 1.19 bits per heavy atom. The van der Waals surface area contributed by atoms with Gasteiger partial charge in [0.1, 0.15) is 5.82 Å². The van der Waals surface area contributed by atoms with Gasteiger partial charge in [0, 0.05) is 50.9 Å². The third-order valence-corrected chi connectivity index (χ3v) is 6.59. The van der Waals surface area contributed by atoms with Gasteiger partial charge in [-0.1, -0.05) is 24.6 Å². The van der Waals surface area contributed by atoms with Gasteiger partial charge >= 0.3 is 0 Å². The maximum Gasteiger partial charge on any atom is 0.238 e. The largest absolute Gasteiger partial charge is 0.378 e. The van der Waals surface area contributed by atoms with Crippen LogP contribution >= 0.6 is 0 Å². The van der Waals surface area contributed by atoms with Gasteiger partial charge in [0.05, 0.1) is 12.1 Å². The molecule has 0 radical (unpaired) electrons. The molecule has 0 aromatic heterocycles. The van der Waals surface area contributed by atoms with Crippen LogP contribution in [0.5, 0.6) is 0 Å². The molecule has 2 saturated heterocycles. The Labute approximate surface area is 188 Å². The highest BCUT2D eigenvalue weighted by atomic mass is 19.1. The first kappa shape index (κ1) is 22.3. The molecule has 0 aliphatic carbocycles. The number of nitrogens with zero attached hydrogens (tertiary/aromatic N) is 2. The van der Waals surface area contributed by atoms with Gasteiger partial charge in [-0.05, 0) is 48.7 Å². The van der Waals surface area contributed by atoms with Crippen molar-refractivity contribution in [3.63, 3.8) is 0 Å². The van der Waals surface area contributed by atoms with Crippen LogP contribution in [0.3, 0.4) is 0 Å². The summed E-state index contributed by atoms with van der Waals surface area (Å²) in [7, 11) is 3.93. The van der Waals surface area contributed by atoms with Crippen LogP contribution in [0.2, 0.25) is 0 Å². The molecule has 0 bridgehead atoms. The molecule has 2 amide bonds. The Morgan fingerprint density at radius 2 is 1.94 bits per heavy atom. The minimum Gasteiger partial charge on any atom is -0.378 e. The minimum atomic E-state index is -0.552. The normalized spacial score (nSPS) is 23.6. The highest BCUT2D eigenvalue weighted by molar-refractivity contribution is 5.92. The van der Waals surface area contributed by atoms with Crippen LogP contribution in [0, 0.1) is 5.82 Å². The molecule has 0 unspecified atom stereocenters. The minimum absolute atomic E-state index is 0.0103. The predicted octanol–water partition coefficient (Wildman–Crippen LogP) is 3.36. The summed E-state index contributed by atoms with van der Waals surface area (Å²) >= 11 is 0. The summed E-state index contributed by atoms with van der Waals surface area (Å²) in [6.45, 7) is 1.25. The molecule has 0 saturated carbocycles. The number of amides is 2. The van der Waals surface area contributed by atoms with Gasteiger partial charge in [-0.3, -0.25) is 14.5 Å². The molecule has 2 aromatic carbocycles. The second-order valence-electron chi connectivity index (χ2n) is 9.14. The molecule has 7 heteroatoms. The van der Waals surface area contributed by atoms with Gasteiger partial charge in [0.2, 0.25) is 11.8 Å². The number of carbonyl (C=O) groups excluding carboxylic acids is 2. The first-order valence-electron chi connectivity index (χ1n) is 11.2. The molecule has 2 heterocycles. The topological polar surface area (TPSA) is 64.7 Å². The molecule has 1 spiro atoms. The molecule has 4 rings (SSSR count). The van der Waals surface area contributed by atoms with Gasteiger partial charge < -0.3 is 15.5 Å². The lowest BCUT2D eigenvalue weighted by molar-refractivity contribution is -0.122.